The van der Waals surface area contributed by atoms with Crippen LogP contribution in [0.5, 0.6) is 0 Å². The van der Waals surface area contributed by atoms with Gasteiger partial charge in [-0.3, -0.25) is 0 Å². The third-order valence-electron chi connectivity index (χ3n) is 0.758. The molecule has 0 saturated heterocycles. The quantitative estimate of drug-likeness (QED) is 0.540. The monoisotopic (exact) mass is 150 g/mol. The van der Waals surface area contributed by atoms with E-state index >= 15 is 0 Å². The lowest BCUT2D eigenvalue weighted by atomic mass is 10.5. The maximum absolute atomic E-state index is 12.0. The van der Waals surface area contributed by atoms with Crippen LogP contribution in [-0.4, -0.2) is 0 Å². The Morgan fingerprint density at radius 2 is 2.50 bits per heavy atom. The Hall–Kier alpha value is -0.0800. The largest absolute Gasteiger partial charge is 0.224 e. The van der Waals surface area contributed by atoms with Gasteiger partial charge in [0.05, 0.1) is 4.88 Å². The predicted molar refractivity (Wildman–Crippen MR) is 34.0 cm³/mol. The van der Waals surface area contributed by atoms with Crippen LogP contribution < -0.4 is 0 Å². The Kier molecular flexibility index (Phi) is 1.86. The molecule has 0 N–H and O–H groups in total. The molecule has 8 heavy (non-hydrogen) atoms. The molecule has 1 rings (SSSR count). The molecule has 1 heterocycles. The fourth-order valence-electron chi connectivity index (χ4n) is 0.415. The molecule has 0 aromatic carbocycles. The molecular formula is C5H4ClFS. The maximum Gasteiger partial charge on any atom is 0.207 e. The highest BCUT2D eigenvalue weighted by molar-refractivity contribution is 7.10. The minimum absolute atomic E-state index is 0.576. The van der Waals surface area contributed by atoms with E-state index in [9.17, 15) is 4.39 Å². The van der Waals surface area contributed by atoms with Crippen molar-refractivity contribution < 1.29 is 4.39 Å². The van der Waals surface area contributed by atoms with Gasteiger partial charge in [0.2, 0.25) is 5.63 Å². The SMILES string of the molecule is FC(Cl)c1cccs1. The summed E-state index contributed by atoms with van der Waals surface area (Å²) in [5, 5.41) is 1.80. The van der Waals surface area contributed by atoms with E-state index < -0.39 is 5.63 Å². The number of hydrogen-bond acceptors (Lipinski definition) is 1. The molecule has 1 atom stereocenters. The summed E-state index contributed by atoms with van der Waals surface area (Å²) in [5.41, 5.74) is -1.32. The van der Waals surface area contributed by atoms with Gasteiger partial charge in [-0.2, -0.15) is 0 Å². The van der Waals surface area contributed by atoms with Crippen molar-refractivity contribution in [2.24, 2.45) is 0 Å². The van der Waals surface area contributed by atoms with Gasteiger partial charge in [-0.1, -0.05) is 17.7 Å². The van der Waals surface area contributed by atoms with Crippen LogP contribution in [0.1, 0.15) is 10.5 Å². The van der Waals surface area contributed by atoms with Crippen LogP contribution in [0, 0.1) is 0 Å². The number of alkyl halides is 2. The van der Waals surface area contributed by atoms with E-state index in [4.69, 9.17) is 11.6 Å². The minimum Gasteiger partial charge on any atom is -0.224 e. The molecule has 0 radical (unpaired) electrons. The number of rotatable bonds is 1. The lowest BCUT2D eigenvalue weighted by molar-refractivity contribution is 0.467. The molecule has 3 heteroatoms. The normalized spacial score (nSPS) is 13.8. The van der Waals surface area contributed by atoms with Crippen molar-refractivity contribution in [3.63, 3.8) is 0 Å². The maximum atomic E-state index is 12.0. The van der Waals surface area contributed by atoms with E-state index in [1.165, 1.54) is 11.3 Å². The third-order valence-corrected chi connectivity index (χ3v) is 2.03. The Morgan fingerprint density at radius 3 is 2.75 bits per heavy atom. The molecule has 0 spiro atoms. The highest BCUT2D eigenvalue weighted by Crippen LogP contribution is 2.25. The molecule has 0 aliphatic carbocycles. The van der Waals surface area contributed by atoms with E-state index in [0.29, 0.717) is 4.88 Å². The van der Waals surface area contributed by atoms with Crippen LogP contribution in [0.2, 0.25) is 0 Å². The molecule has 0 nitrogen and oxygen atoms in total. The Labute approximate surface area is 55.9 Å². The average molecular weight is 151 g/mol. The smallest absolute Gasteiger partial charge is 0.207 e. The highest BCUT2D eigenvalue weighted by atomic mass is 35.5. The van der Waals surface area contributed by atoms with Crippen molar-refractivity contribution in [2.45, 2.75) is 5.63 Å². The molecule has 0 amide bonds. The van der Waals surface area contributed by atoms with Crippen molar-refractivity contribution in [3.8, 4) is 0 Å². The third kappa shape index (κ3) is 1.20. The summed E-state index contributed by atoms with van der Waals surface area (Å²) in [7, 11) is 0. The minimum atomic E-state index is -1.32. The molecule has 1 unspecified atom stereocenters. The van der Waals surface area contributed by atoms with Crippen molar-refractivity contribution in [1.82, 2.24) is 0 Å². The van der Waals surface area contributed by atoms with Crippen LogP contribution in [0.3, 0.4) is 0 Å². The van der Waals surface area contributed by atoms with Crippen molar-refractivity contribution in [3.05, 3.63) is 22.4 Å². The van der Waals surface area contributed by atoms with Crippen LogP contribution >= 0.6 is 22.9 Å². The summed E-state index contributed by atoms with van der Waals surface area (Å²) in [5.74, 6) is 0. The standard InChI is InChI=1S/C5H4ClFS/c6-5(7)4-2-1-3-8-4/h1-3,5H. The second-order valence-corrected chi connectivity index (χ2v) is 2.68. The van der Waals surface area contributed by atoms with Crippen LogP contribution in [0.15, 0.2) is 17.5 Å². The summed E-state index contributed by atoms with van der Waals surface area (Å²) in [4.78, 5) is 0.576. The van der Waals surface area contributed by atoms with Gasteiger partial charge in [0.25, 0.3) is 0 Å². The second-order valence-electron chi connectivity index (χ2n) is 1.32. The van der Waals surface area contributed by atoms with E-state index in [2.05, 4.69) is 0 Å². The molecular weight excluding hydrogens is 147 g/mol. The van der Waals surface area contributed by atoms with Crippen molar-refractivity contribution >= 4 is 22.9 Å². The lowest BCUT2D eigenvalue weighted by Crippen LogP contribution is -1.69. The first-order chi connectivity index (χ1) is 3.80. The summed E-state index contributed by atoms with van der Waals surface area (Å²) >= 11 is 6.41. The van der Waals surface area contributed by atoms with E-state index in [1.807, 2.05) is 0 Å². The molecule has 0 aliphatic heterocycles. The summed E-state index contributed by atoms with van der Waals surface area (Å²) in [6.07, 6.45) is 0. The fraction of sp³-hybridized carbons (Fsp3) is 0.200. The summed E-state index contributed by atoms with van der Waals surface area (Å²) < 4.78 is 12.0. The van der Waals surface area contributed by atoms with Gasteiger partial charge in [0.1, 0.15) is 0 Å². The van der Waals surface area contributed by atoms with Crippen molar-refractivity contribution in [1.29, 1.82) is 0 Å². The number of thiophene rings is 1. The number of hydrogen-bond donors (Lipinski definition) is 0. The van der Waals surface area contributed by atoms with Crippen LogP contribution in [-0.2, 0) is 0 Å². The van der Waals surface area contributed by atoms with Gasteiger partial charge in [0, 0.05) is 0 Å². The van der Waals surface area contributed by atoms with Gasteiger partial charge < -0.3 is 0 Å². The van der Waals surface area contributed by atoms with Gasteiger partial charge in [-0.05, 0) is 11.4 Å². The topological polar surface area (TPSA) is 0 Å². The molecule has 0 aliphatic rings. The van der Waals surface area contributed by atoms with Gasteiger partial charge >= 0.3 is 0 Å². The Balaban J connectivity index is 2.77. The van der Waals surface area contributed by atoms with Gasteiger partial charge in [-0.15, -0.1) is 11.3 Å². The van der Waals surface area contributed by atoms with Gasteiger partial charge in [-0.25, -0.2) is 4.39 Å². The molecule has 0 bridgehead atoms. The lowest BCUT2D eigenvalue weighted by Gasteiger charge is -1.88. The van der Waals surface area contributed by atoms with E-state index in [0.717, 1.165) is 0 Å². The first-order valence-corrected chi connectivity index (χ1v) is 3.44. The van der Waals surface area contributed by atoms with Gasteiger partial charge in [0.15, 0.2) is 0 Å². The Morgan fingerprint density at radius 1 is 1.75 bits per heavy atom. The molecule has 0 fully saturated rings. The molecule has 0 saturated carbocycles. The summed E-state index contributed by atoms with van der Waals surface area (Å²) in [6, 6.07) is 3.44. The molecule has 1 aromatic heterocycles. The fourth-order valence-corrected chi connectivity index (χ4v) is 1.22. The first-order valence-electron chi connectivity index (χ1n) is 2.12. The summed E-state index contributed by atoms with van der Waals surface area (Å²) in [6.45, 7) is 0. The van der Waals surface area contributed by atoms with Crippen LogP contribution in [0.25, 0.3) is 0 Å². The zero-order chi connectivity index (χ0) is 5.98. The number of halogens is 2. The first kappa shape index (κ1) is 6.05. The van der Waals surface area contributed by atoms with Crippen LogP contribution in [0.4, 0.5) is 4.39 Å². The van der Waals surface area contributed by atoms with Crippen molar-refractivity contribution in [2.75, 3.05) is 0 Å². The zero-order valence-electron chi connectivity index (χ0n) is 3.97. The molecule has 44 valence electrons. The van der Waals surface area contributed by atoms with E-state index in [-0.39, 0.29) is 0 Å². The zero-order valence-corrected chi connectivity index (χ0v) is 5.55. The average Bonchev–Trinajstić information content (AvgIpc) is 2.12. The second kappa shape index (κ2) is 2.46. The predicted octanol–water partition coefficient (Wildman–Crippen LogP) is 2.96. The Bertz CT molecular complexity index is 147. The van der Waals surface area contributed by atoms with E-state index in [1.54, 1.807) is 17.5 Å². The molecule has 1 aromatic rings. The highest BCUT2D eigenvalue weighted by Gasteiger charge is 2.02.